The molecule has 14 nitrogen and oxygen atoms in total. The van der Waals surface area contributed by atoms with E-state index in [1.54, 1.807) is 18.0 Å². The predicted octanol–water partition coefficient (Wildman–Crippen LogP) is -0.00390. The first-order valence-corrected chi connectivity index (χ1v) is 11.9. The molecule has 2 unspecified atom stereocenters. The molecule has 2 amide bonds. The quantitative estimate of drug-likeness (QED) is 0.232. The molecule has 1 saturated heterocycles. The smallest absolute Gasteiger partial charge is 0.336 e. The number of nitro benzene ring substituents is 1. The van der Waals surface area contributed by atoms with Crippen LogP contribution in [0.15, 0.2) is 41.6 Å². The standard InChI is InChI=1S/C21H21N7O7S/c1-26-10-36-9-15(26)14-6-21(14,23-18(29)16-17(35-16)19(30)31)20(32)22-7-11-8-27(25-24-11)12-2-4-13(5-3-12)28(33)34/h2-5,8-9,14,16-17H,6-7,10H2,1H3,(H,22,32)(H,23,29)(H,30,31)/t14?,16-,17-,21?/m0/s1. The van der Waals surface area contributed by atoms with Crippen molar-refractivity contribution < 1.29 is 29.2 Å². The van der Waals surface area contributed by atoms with E-state index in [-0.39, 0.29) is 18.2 Å². The van der Waals surface area contributed by atoms with Crippen LogP contribution in [0.1, 0.15) is 12.1 Å². The first kappa shape index (κ1) is 23.7. The molecule has 36 heavy (non-hydrogen) atoms. The van der Waals surface area contributed by atoms with Crippen LogP contribution in [-0.2, 0) is 25.7 Å². The van der Waals surface area contributed by atoms with E-state index in [4.69, 9.17) is 9.84 Å². The van der Waals surface area contributed by atoms with Crippen LogP contribution < -0.4 is 10.6 Å². The highest BCUT2D eigenvalue weighted by Gasteiger charge is 2.65. The summed E-state index contributed by atoms with van der Waals surface area (Å²) in [6.07, 6.45) is -0.391. The zero-order chi connectivity index (χ0) is 25.6. The fourth-order valence-electron chi connectivity index (χ4n) is 4.16. The number of non-ortho nitro benzene ring substituents is 1. The van der Waals surface area contributed by atoms with E-state index >= 15 is 0 Å². The van der Waals surface area contributed by atoms with Crippen LogP contribution in [0.2, 0.25) is 0 Å². The third-order valence-electron chi connectivity index (χ3n) is 6.27. The number of carboxylic acid groups (broad SMARTS) is 1. The van der Waals surface area contributed by atoms with Gasteiger partial charge in [-0.3, -0.25) is 19.7 Å². The first-order valence-electron chi connectivity index (χ1n) is 10.9. The van der Waals surface area contributed by atoms with Crippen molar-refractivity contribution in [1.82, 2.24) is 30.5 Å². The van der Waals surface area contributed by atoms with Gasteiger partial charge in [-0.15, -0.1) is 16.9 Å². The van der Waals surface area contributed by atoms with Gasteiger partial charge in [-0.2, -0.15) is 0 Å². The fourth-order valence-corrected chi connectivity index (χ4v) is 5.13. The Morgan fingerprint density at radius 2 is 2.06 bits per heavy atom. The molecule has 3 heterocycles. The van der Waals surface area contributed by atoms with Crippen LogP contribution in [0.3, 0.4) is 0 Å². The number of thioether (sulfide) groups is 1. The van der Waals surface area contributed by atoms with E-state index in [0.717, 1.165) is 11.6 Å². The molecule has 1 saturated carbocycles. The number of nitro groups is 1. The summed E-state index contributed by atoms with van der Waals surface area (Å²) in [7, 11) is 1.90. The molecule has 1 aromatic carbocycles. The molecule has 188 valence electrons. The van der Waals surface area contributed by atoms with Gasteiger partial charge in [0.1, 0.15) is 11.2 Å². The summed E-state index contributed by atoms with van der Waals surface area (Å²) in [5.41, 5.74) is 0.634. The lowest BCUT2D eigenvalue weighted by Gasteiger charge is -2.22. The summed E-state index contributed by atoms with van der Waals surface area (Å²) >= 11 is 1.58. The Morgan fingerprint density at radius 1 is 1.31 bits per heavy atom. The fraction of sp³-hybridized carbons (Fsp3) is 0.381. The number of benzene rings is 1. The Labute approximate surface area is 207 Å². The molecular formula is C21H21N7O7S. The number of aliphatic carboxylic acids is 1. The molecule has 2 aromatic rings. The maximum atomic E-state index is 13.3. The van der Waals surface area contributed by atoms with Gasteiger partial charge in [0, 0.05) is 30.8 Å². The second kappa shape index (κ2) is 8.91. The molecule has 2 fully saturated rings. The lowest BCUT2D eigenvalue weighted by atomic mass is 10.1. The van der Waals surface area contributed by atoms with Gasteiger partial charge in [0.2, 0.25) is 5.91 Å². The highest BCUT2D eigenvalue weighted by atomic mass is 32.2. The van der Waals surface area contributed by atoms with Crippen molar-refractivity contribution in [1.29, 1.82) is 0 Å². The zero-order valence-electron chi connectivity index (χ0n) is 18.9. The second-order valence-electron chi connectivity index (χ2n) is 8.68. The van der Waals surface area contributed by atoms with Crippen molar-refractivity contribution in [2.45, 2.75) is 30.7 Å². The number of carbonyl (C=O) groups excluding carboxylic acids is 2. The number of nitrogens with zero attached hydrogens (tertiary/aromatic N) is 5. The Morgan fingerprint density at radius 3 is 2.67 bits per heavy atom. The van der Waals surface area contributed by atoms with Gasteiger partial charge < -0.3 is 25.4 Å². The highest BCUT2D eigenvalue weighted by Crippen LogP contribution is 2.52. The molecule has 0 bridgehead atoms. The van der Waals surface area contributed by atoms with E-state index < -0.39 is 40.5 Å². The van der Waals surface area contributed by atoms with Crippen molar-refractivity contribution in [3.63, 3.8) is 0 Å². The zero-order valence-corrected chi connectivity index (χ0v) is 19.7. The number of nitrogens with one attached hydrogen (secondary N) is 2. The molecule has 0 radical (unpaired) electrons. The summed E-state index contributed by atoms with van der Waals surface area (Å²) in [5, 5.41) is 35.4. The van der Waals surface area contributed by atoms with Gasteiger partial charge in [0.05, 0.1) is 29.2 Å². The minimum atomic E-state index is -1.23. The van der Waals surface area contributed by atoms with Crippen LogP contribution >= 0.6 is 11.8 Å². The molecule has 0 spiro atoms. The number of ether oxygens (including phenoxy) is 1. The molecule has 1 aliphatic carbocycles. The molecule has 4 atom stereocenters. The number of hydrogen-bond donors (Lipinski definition) is 3. The third kappa shape index (κ3) is 4.37. The number of amides is 2. The predicted molar refractivity (Wildman–Crippen MR) is 123 cm³/mol. The average Bonchev–Trinajstić information content (AvgIpc) is 3.70. The summed E-state index contributed by atoms with van der Waals surface area (Å²) < 4.78 is 6.36. The van der Waals surface area contributed by atoms with Crippen LogP contribution in [0.5, 0.6) is 0 Å². The van der Waals surface area contributed by atoms with Crippen molar-refractivity contribution in [2.75, 3.05) is 12.9 Å². The number of hydrogen-bond acceptors (Lipinski definition) is 10. The number of epoxide rings is 1. The van der Waals surface area contributed by atoms with Gasteiger partial charge in [0.25, 0.3) is 11.6 Å². The van der Waals surface area contributed by atoms with Crippen LogP contribution in [0, 0.1) is 16.0 Å². The maximum absolute atomic E-state index is 13.3. The molecule has 2 aliphatic heterocycles. The normalized spacial score (nSPS) is 26.2. The van der Waals surface area contributed by atoms with E-state index in [1.807, 2.05) is 17.4 Å². The van der Waals surface area contributed by atoms with Gasteiger partial charge in [0.15, 0.2) is 12.2 Å². The number of rotatable bonds is 9. The number of aromatic nitrogens is 3. The SMILES string of the molecule is CN1CSC=C1C1CC1(NC(=O)[C@H]1O[C@@H]1C(=O)O)C(=O)NCc1cn(-c2ccc([N+](=O)[O-])cc2)nn1. The molecule has 1 aromatic heterocycles. The van der Waals surface area contributed by atoms with Crippen molar-refractivity contribution >= 4 is 35.2 Å². The van der Waals surface area contributed by atoms with E-state index in [2.05, 4.69) is 20.9 Å². The molecular weight excluding hydrogens is 494 g/mol. The summed E-state index contributed by atoms with van der Waals surface area (Å²) in [6, 6.07) is 5.76. The number of carboxylic acids is 1. The third-order valence-corrected chi connectivity index (χ3v) is 7.22. The molecule has 15 heteroatoms. The summed E-state index contributed by atoms with van der Waals surface area (Å²) in [6.45, 7) is 0.0253. The van der Waals surface area contributed by atoms with Crippen molar-refractivity contribution in [2.24, 2.45) is 5.92 Å². The van der Waals surface area contributed by atoms with Crippen molar-refractivity contribution in [3.05, 3.63) is 57.4 Å². The van der Waals surface area contributed by atoms with Gasteiger partial charge in [-0.25, -0.2) is 9.48 Å². The second-order valence-corrected chi connectivity index (χ2v) is 9.51. The lowest BCUT2D eigenvalue weighted by Crippen LogP contribution is -2.52. The Bertz CT molecular complexity index is 1280. The Kier molecular flexibility index (Phi) is 5.88. The summed E-state index contributed by atoms with van der Waals surface area (Å²) in [5.74, 6) is -1.83. The van der Waals surface area contributed by atoms with Crippen LogP contribution in [0.25, 0.3) is 5.69 Å². The monoisotopic (exact) mass is 515 g/mol. The van der Waals surface area contributed by atoms with Gasteiger partial charge >= 0.3 is 5.97 Å². The van der Waals surface area contributed by atoms with Crippen LogP contribution in [-0.4, -0.2) is 78.4 Å². The topological polar surface area (TPSA) is 185 Å². The lowest BCUT2D eigenvalue weighted by molar-refractivity contribution is -0.384. The van der Waals surface area contributed by atoms with E-state index in [1.165, 1.54) is 28.9 Å². The van der Waals surface area contributed by atoms with Crippen molar-refractivity contribution in [3.8, 4) is 5.69 Å². The van der Waals surface area contributed by atoms with E-state index in [9.17, 15) is 24.5 Å². The minimum absolute atomic E-state index is 0.0253. The average molecular weight is 516 g/mol. The van der Waals surface area contributed by atoms with Gasteiger partial charge in [-0.05, 0) is 24.0 Å². The summed E-state index contributed by atoms with van der Waals surface area (Å²) in [4.78, 5) is 49.3. The maximum Gasteiger partial charge on any atom is 0.336 e. The first-order chi connectivity index (χ1) is 17.2. The minimum Gasteiger partial charge on any atom is -0.479 e. The van der Waals surface area contributed by atoms with E-state index in [0.29, 0.717) is 17.8 Å². The molecule has 5 rings (SSSR count). The molecule has 3 aliphatic rings. The van der Waals surface area contributed by atoms with Crippen LogP contribution in [0.4, 0.5) is 5.69 Å². The largest absolute Gasteiger partial charge is 0.479 e. The highest BCUT2D eigenvalue weighted by molar-refractivity contribution is 8.02. The Hall–Kier alpha value is -3.98. The number of carbonyl (C=O) groups is 3. The molecule has 3 N–H and O–H groups in total. The van der Waals surface area contributed by atoms with Gasteiger partial charge in [-0.1, -0.05) is 5.21 Å². The Balaban J connectivity index is 1.26.